The van der Waals surface area contributed by atoms with Gasteiger partial charge in [0.05, 0.1) is 28.4 Å². The van der Waals surface area contributed by atoms with Gasteiger partial charge in [0.2, 0.25) is 0 Å². The van der Waals surface area contributed by atoms with Crippen LogP contribution in [0.5, 0.6) is 57.5 Å². The third-order valence-corrected chi connectivity index (χ3v) is 10.4. The molecule has 0 amide bonds. The molecule has 0 atom stereocenters. The van der Waals surface area contributed by atoms with Crippen LogP contribution in [0, 0.1) is 0 Å². The lowest BCUT2D eigenvalue weighted by Gasteiger charge is -2.16. The van der Waals surface area contributed by atoms with Crippen LogP contribution in [0.3, 0.4) is 0 Å². The van der Waals surface area contributed by atoms with Crippen molar-refractivity contribution in [2.75, 3.05) is 28.4 Å². The highest BCUT2D eigenvalue weighted by atomic mass is 35.5. The summed E-state index contributed by atoms with van der Waals surface area (Å²) < 4.78 is 59.2. The van der Waals surface area contributed by atoms with Gasteiger partial charge in [-0.2, -0.15) is 0 Å². The number of halogens is 1. The van der Waals surface area contributed by atoms with Gasteiger partial charge >= 0.3 is 0 Å². The minimum absolute atomic E-state index is 0.260. The molecule has 7 aromatic rings. The lowest BCUT2D eigenvalue weighted by atomic mass is 10.2. The van der Waals surface area contributed by atoms with Gasteiger partial charge in [-0.25, -0.2) is 0 Å². The van der Waals surface area contributed by atoms with Gasteiger partial charge in [0, 0.05) is 11.9 Å². The smallest absolute Gasteiger partial charge is 0.162 e. The molecule has 330 valence electrons. The molecule has 0 N–H and O–H groups in total. The summed E-state index contributed by atoms with van der Waals surface area (Å²) in [5.74, 6) is 7.02. The Morgan fingerprint density at radius 2 is 0.547 bits per heavy atom. The maximum atomic E-state index is 6.37. The predicted molar refractivity (Wildman–Crippen MR) is 247 cm³/mol. The average molecular weight is 883 g/mol. The van der Waals surface area contributed by atoms with Gasteiger partial charge in [-0.05, 0) is 124 Å². The van der Waals surface area contributed by atoms with Crippen molar-refractivity contribution in [1.29, 1.82) is 0 Å². The number of methoxy groups -OCH3 is 4. The van der Waals surface area contributed by atoms with E-state index in [9.17, 15) is 0 Å². The van der Waals surface area contributed by atoms with Gasteiger partial charge in [-0.1, -0.05) is 60.7 Å². The van der Waals surface area contributed by atoms with Gasteiger partial charge in [0.25, 0.3) is 0 Å². The highest BCUT2D eigenvalue weighted by Gasteiger charge is 2.13. The van der Waals surface area contributed by atoms with E-state index in [0.29, 0.717) is 60.9 Å². The molecule has 0 saturated carbocycles. The minimum atomic E-state index is 0.260. The van der Waals surface area contributed by atoms with Crippen molar-refractivity contribution in [2.24, 2.45) is 0 Å². The Hall–Kier alpha value is -7.17. The molecule has 0 aromatic heterocycles. The number of hydrogen-bond donors (Lipinski definition) is 0. The highest BCUT2D eigenvalue weighted by molar-refractivity contribution is 6.17. The highest BCUT2D eigenvalue weighted by Crippen LogP contribution is 2.34. The summed E-state index contributed by atoms with van der Waals surface area (Å²) in [7, 11) is 6.58. The Morgan fingerprint density at radius 3 is 0.844 bits per heavy atom. The van der Waals surface area contributed by atoms with Crippen LogP contribution in [0.2, 0.25) is 0 Å². The quantitative estimate of drug-likeness (QED) is 0.0578. The predicted octanol–water partition coefficient (Wildman–Crippen LogP) is 11.9. The first-order valence-corrected chi connectivity index (χ1v) is 21.2. The zero-order valence-corrected chi connectivity index (χ0v) is 37.1. The Labute approximate surface area is 379 Å². The SMILES string of the molecule is COc1ccc(COc2ccc(COc3cc(CCl)cc(OCc4ccc(OCc5ccc(OC)cc5)c(OCc5ccc(OC)cc5)c4)c3)cc2OCc2ccc(OC)cc2)cc1. The van der Waals surface area contributed by atoms with E-state index in [1.807, 2.05) is 152 Å². The molecule has 7 rings (SSSR count). The summed E-state index contributed by atoms with van der Waals surface area (Å²) in [5.41, 5.74) is 6.59. The number of benzene rings is 7. The Bertz CT molecular complexity index is 2350. The van der Waals surface area contributed by atoms with Crippen LogP contribution >= 0.6 is 11.6 Å². The van der Waals surface area contributed by atoms with E-state index in [4.69, 9.17) is 59.0 Å². The minimum Gasteiger partial charge on any atom is -0.497 e. The van der Waals surface area contributed by atoms with Crippen molar-refractivity contribution in [1.82, 2.24) is 0 Å². The molecule has 0 saturated heterocycles. The first kappa shape index (κ1) is 44.9. The van der Waals surface area contributed by atoms with Crippen molar-refractivity contribution in [3.05, 3.63) is 191 Å². The van der Waals surface area contributed by atoms with Crippen LogP contribution in [0.15, 0.2) is 152 Å². The van der Waals surface area contributed by atoms with Crippen LogP contribution in [-0.2, 0) is 45.5 Å². The largest absolute Gasteiger partial charge is 0.497 e. The fraction of sp³-hybridized carbons (Fsp3) is 0.208. The van der Waals surface area contributed by atoms with Crippen LogP contribution in [0.4, 0.5) is 0 Å². The summed E-state index contributed by atoms with van der Waals surface area (Å²) >= 11 is 6.37. The van der Waals surface area contributed by atoms with Gasteiger partial charge in [-0.3, -0.25) is 0 Å². The van der Waals surface area contributed by atoms with E-state index >= 15 is 0 Å². The average Bonchev–Trinajstić information content (AvgIpc) is 3.35. The second-order valence-electron chi connectivity index (χ2n) is 14.6. The maximum Gasteiger partial charge on any atom is 0.162 e. The van der Waals surface area contributed by atoms with Gasteiger partial charge < -0.3 is 47.4 Å². The number of hydrogen-bond acceptors (Lipinski definition) is 10. The lowest BCUT2D eigenvalue weighted by Crippen LogP contribution is -2.03. The van der Waals surface area contributed by atoms with E-state index in [1.54, 1.807) is 28.4 Å². The number of ether oxygens (including phenoxy) is 10. The van der Waals surface area contributed by atoms with Crippen molar-refractivity contribution in [3.8, 4) is 57.5 Å². The fourth-order valence-electron chi connectivity index (χ4n) is 6.49. The molecule has 0 radical (unpaired) electrons. The van der Waals surface area contributed by atoms with Gasteiger partial charge in [-0.15, -0.1) is 11.6 Å². The zero-order chi connectivity index (χ0) is 44.5. The molecule has 0 fully saturated rings. The third kappa shape index (κ3) is 12.9. The second kappa shape index (κ2) is 22.8. The Balaban J connectivity index is 1.03. The molecule has 0 aliphatic rings. The Morgan fingerprint density at radius 1 is 0.266 bits per heavy atom. The third-order valence-electron chi connectivity index (χ3n) is 10.1. The summed E-state index contributed by atoms with van der Waals surface area (Å²) in [5, 5.41) is 0. The van der Waals surface area contributed by atoms with E-state index in [1.165, 1.54) is 0 Å². The molecule has 7 aromatic carbocycles. The van der Waals surface area contributed by atoms with Gasteiger partial charge in [0.1, 0.15) is 74.1 Å². The standard InChI is InChI=1S/C53H51ClO10/c1-55-44-15-5-37(6-16-44)31-61-50-23-13-41(27-52(50)63-33-39-9-19-46(57-3)20-10-39)35-59-48-25-43(30-54)26-49(29-48)60-36-42-14-24-51(62-32-38-7-17-45(56-2)18-8-38)53(28-42)64-34-40-11-21-47(58-4)22-12-40/h5-29H,30-36H2,1-4H3. The summed E-state index contributed by atoms with van der Waals surface area (Å²) in [6, 6.07) is 48.3. The molecule has 11 heteroatoms. The van der Waals surface area contributed by atoms with E-state index in [-0.39, 0.29) is 19.1 Å². The molecule has 0 heterocycles. The molecule has 64 heavy (non-hydrogen) atoms. The molecule has 0 spiro atoms. The molecule has 10 nitrogen and oxygen atoms in total. The summed E-state index contributed by atoms with van der Waals surface area (Å²) in [4.78, 5) is 0. The van der Waals surface area contributed by atoms with E-state index < -0.39 is 0 Å². The van der Waals surface area contributed by atoms with Crippen molar-refractivity contribution < 1.29 is 47.4 Å². The Kier molecular flexibility index (Phi) is 16.0. The lowest BCUT2D eigenvalue weighted by molar-refractivity contribution is 0.253. The van der Waals surface area contributed by atoms with Crippen LogP contribution in [0.1, 0.15) is 38.9 Å². The molecule has 0 unspecified atom stereocenters. The monoisotopic (exact) mass is 882 g/mol. The normalized spacial score (nSPS) is 10.7. The molecule has 0 aliphatic carbocycles. The van der Waals surface area contributed by atoms with Crippen molar-refractivity contribution in [2.45, 2.75) is 45.5 Å². The first-order chi connectivity index (χ1) is 31.4. The number of rotatable bonds is 23. The van der Waals surface area contributed by atoms with Crippen molar-refractivity contribution in [3.63, 3.8) is 0 Å². The van der Waals surface area contributed by atoms with Crippen LogP contribution < -0.4 is 47.4 Å². The summed E-state index contributed by atoms with van der Waals surface area (Å²) in [6.07, 6.45) is 0. The molecular weight excluding hydrogens is 832 g/mol. The van der Waals surface area contributed by atoms with Crippen LogP contribution in [0.25, 0.3) is 0 Å². The maximum absolute atomic E-state index is 6.37. The topological polar surface area (TPSA) is 92.3 Å². The van der Waals surface area contributed by atoms with Crippen molar-refractivity contribution >= 4 is 11.6 Å². The fourth-order valence-corrected chi connectivity index (χ4v) is 6.64. The zero-order valence-electron chi connectivity index (χ0n) is 36.3. The first-order valence-electron chi connectivity index (χ1n) is 20.6. The molecule has 0 aliphatic heterocycles. The van der Waals surface area contributed by atoms with Gasteiger partial charge in [0.15, 0.2) is 23.0 Å². The summed E-state index contributed by atoms with van der Waals surface area (Å²) in [6.45, 7) is 1.90. The van der Waals surface area contributed by atoms with E-state index in [2.05, 4.69) is 0 Å². The molecule has 0 bridgehead atoms. The molecular formula is C53H51ClO10. The second-order valence-corrected chi connectivity index (χ2v) is 14.9. The van der Waals surface area contributed by atoms with E-state index in [0.717, 1.165) is 61.9 Å². The number of alkyl halides is 1. The van der Waals surface area contributed by atoms with Crippen LogP contribution in [-0.4, -0.2) is 28.4 Å².